The van der Waals surface area contributed by atoms with Gasteiger partial charge >= 0.3 is 0 Å². The summed E-state index contributed by atoms with van der Waals surface area (Å²) in [4.78, 5) is 24.3. The summed E-state index contributed by atoms with van der Waals surface area (Å²) in [5.74, 6) is 1.49. The van der Waals surface area contributed by atoms with Gasteiger partial charge in [-0.2, -0.15) is 0 Å². The number of rotatable bonds is 4. The molecule has 8 heteroatoms. The number of carbonyl (C=O) groups is 1. The zero-order valence-corrected chi connectivity index (χ0v) is 21.0. The topological polar surface area (TPSA) is 63.1 Å². The van der Waals surface area contributed by atoms with Gasteiger partial charge in [-0.05, 0) is 49.2 Å². The summed E-state index contributed by atoms with van der Waals surface area (Å²) < 4.78 is 13.4. The average Bonchev–Trinajstić information content (AvgIpc) is 3.38. The molecule has 0 atom stereocenters. The minimum absolute atomic E-state index is 0.0518. The lowest BCUT2D eigenvalue weighted by Gasteiger charge is -2.38. The number of piperazine rings is 1. The molecular formula is C28H33N5O3. The lowest BCUT2D eigenvalue weighted by atomic mass is 10.0. The van der Waals surface area contributed by atoms with Crippen LogP contribution in [-0.4, -0.2) is 83.8 Å². The Balaban J connectivity index is 1.18. The van der Waals surface area contributed by atoms with E-state index in [0.717, 1.165) is 54.6 Å². The maximum absolute atomic E-state index is 12.9. The van der Waals surface area contributed by atoms with Crippen LogP contribution in [0.2, 0.25) is 0 Å². The van der Waals surface area contributed by atoms with E-state index in [9.17, 15) is 4.79 Å². The third-order valence-corrected chi connectivity index (χ3v) is 7.48. The molecule has 1 amide bonds. The molecule has 0 unspecified atom stereocenters. The third-order valence-electron chi connectivity index (χ3n) is 7.48. The first kappa shape index (κ1) is 23.1. The van der Waals surface area contributed by atoms with Crippen molar-refractivity contribution < 1.29 is 14.3 Å². The maximum Gasteiger partial charge on any atom is 0.274 e. The highest BCUT2D eigenvalue weighted by Crippen LogP contribution is 2.35. The Morgan fingerprint density at radius 2 is 1.64 bits per heavy atom. The number of benzene rings is 2. The summed E-state index contributed by atoms with van der Waals surface area (Å²) in [6.45, 7) is 11.6. The van der Waals surface area contributed by atoms with Gasteiger partial charge in [-0.3, -0.25) is 14.3 Å². The number of hydrogen-bond acceptors (Lipinski definition) is 6. The van der Waals surface area contributed by atoms with Gasteiger partial charge in [0.1, 0.15) is 18.1 Å². The van der Waals surface area contributed by atoms with E-state index in [2.05, 4.69) is 71.1 Å². The molecule has 3 aromatic rings. The monoisotopic (exact) mass is 487 g/mol. The van der Waals surface area contributed by atoms with Crippen molar-refractivity contribution in [2.45, 2.75) is 26.5 Å². The van der Waals surface area contributed by atoms with E-state index in [1.54, 1.807) is 4.90 Å². The zero-order chi connectivity index (χ0) is 24.6. The smallest absolute Gasteiger partial charge is 0.274 e. The Bertz CT molecular complexity index is 1240. The number of carbonyl (C=O) groups excluding carboxylic acids is 1. The molecular weight excluding hydrogens is 454 g/mol. The molecule has 0 aliphatic carbocycles. The molecule has 8 nitrogen and oxygen atoms in total. The Hall–Kier alpha value is -3.36. The van der Waals surface area contributed by atoms with Crippen molar-refractivity contribution in [2.75, 3.05) is 57.4 Å². The number of aromatic nitrogens is 2. The zero-order valence-electron chi connectivity index (χ0n) is 21.0. The summed E-state index contributed by atoms with van der Waals surface area (Å²) in [6.07, 6.45) is 1.84. The predicted octanol–water partition coefficient (Wildman–Crippen LogP) is 3.43. The second-order valence-electron chi connectivity index (χ2n) is 9.95. The van der Waals surface area contributed by atoms with E-state index >= 15 is 0 Å². The van der Waals surface area contributed by atoms with Gasteiger partial charge in [0.05, 0.1) is 18.9 Å². The lowest BCUT2D eigenvalue weighted by molar-refractivity contribution is 0.0299. The van der Waals surface area contributed by atoms with Gasteiger partial charge in [0, 0.05) is 57.2 Å². The van der Waals surface area contributed by atoms with Gasteiger partial charge in [0.25, 0.3) is 5.91 Å². The predicted molar refractivity (Wildman–Crippen MR) is 139 cm³/mol. The highest BCUT2D eigenvalue weighted by molar-refractivity contribution is 5.92. The molecule has 36 heavy (non-hydrogen) atoms. The Kier molecular flexibility index (Phi) is 6.15. The fourth-order valence-corrected chi connectivity index (χ4v) is 5.27. The second-order valence-corrected chi connectivity index (χ2v) is 9.95. The molecule has 3 aliphatic rings. The molecule has 2 saturated heterocycles. The van der Waals surface area contributed by atoms with Crippen LogP contribution in [0.1, 0.15) is 30.2 Å². The van der Waals surface area contributed by atoms with Crippen molar-refractivity contribution >= 4 is 11.6 Å². The van der Waals surface area contributed by atoms with Gasteiger partial charge in [-0.1, -0.05) is 18.2 Å². The molecule has 6 rings (SSSR count). The molecule has 4 heterocycles. The molecule has 2 aromatic carbocycles. The van der Waals surface area contributed by atoms with E-state index in [4.69, 9.17) is 9.47 Å². The van der Waals surface area contributed by atoms with Crippen molar-refractivity contribution in [3.8, 4) is 22.6 Å². The molecule has 1 aromatic heterocycles. The Labute approximate surface area is 212 Å². The quantitative estimate of drug-likeness (QED) is 0.562. The second kappa shape index (κ2) is 9.59. The van der Waals surface area contributed by atoms with Crippen LogP contribution in [0.25, 0.3) is 16.8 Å². The van der Waals surface area contributed by atoms with E-state index in [1.165, 1.54) is 5.69 Å². The highest BCUT2D eigenvalue weighted by atomic mass is 16.5. The molecule has 3 aliphatic heterocycles. The van der Waals surface area contributed by atoms with E-state index < -0.39 is 0 Å². The van der Waals surface area contributed by atoms with Crippen molar-refractivity contribution in [3.05, 3.63) is 60.2 Å². The fourth-order valence-electron chi connectivity index (χ4n) is 5.27. The Morgan fingerprint density at radius 1 is 0.917 bits per heavy atom. The molecule has 0 bridgehead atoms. The van der Waals surface area contributed by atoms with E-state index in [1.807, 2.05) is 10.8 Å². The molecule has 0 N–H and O–H groups in total. The number of ether oxygens (including phenoxy) is 2. The summed E-state index contributed by atoms with van der Waals surface area (Å²) in [5, 5.41) is 0. The third kappa shape index (κ3) is 4.35. The number of anilines is 1. The number of amides is 1. The minimum Gasteiger partial charge on any atom is -0.483 e. The number of hydrogen-bond donors (Lipinski definition) is 0. The van der Waals surface area contributed by atoms with Crippen LogP contribution in [0.4, 0.5) is 5.69 Å². The standard InChI is InChI=1S/C28H33N5O3/c1-20(2)30-9-11-31(12-10-30)23-6-3-21(4-7-23)22-5-8-25-26(17-22)36-19-27-29-24(18-33(25)27)28(34)32-13-15-35-16-14-32/h3-8,17-18,20H,9-16,19H2,1-2H3. The van der Waals surface area contributed by atoms with Gasteiger partial charge in [0.2, 0.25) is 0 Å². The lowest BCUT2D eigenvalue weighted by Crippen LogP contribution is -2.48. The number of imidazole rings is 1. The first-order valence-corrected chi connectivity index (χ1v) is 12.9. The average molecular weight is 488 g/mol. The van der Waals surface area contributed by atoms with Crippen LogP contribution < -0.4 is 9.64 Å². The van der Waals surface area contributed by atoms with Crippen molar-refractivity contribution in [1.82, 2.24) is 19.4 Å². The fraction of sp³-hybridized carbons (Fsp3) is 0.429. The molecule has 0 spiro atoms. The number of morpholine rings is 1. The minimum atomic E-state index is -0.0518. The SMILES string of the molecule is CC(C)N1CCN(c2ccc(-c3ccc4c(c3)OCc3nc(C(=O)N5CCOCC5)cn3-4)cc2)CC1. The molecule has 0 radical (unpaired) electrons. The first-order chi connectivity index (χ1) is 17.6. The normalized spacial score (nSPS) is 18.1. The number of nitrogens with zero attached hydrogens (tertiary/aromatic N) is 5. The largest absolute Gasteiger partial charge is 0.483 e. The summed E-state index contributed by atoms with van der Waals surface area (Å²) in [7, 11) is 0. The van der Waals surface area contributed by atoms with Crippen LogP contribution in [0.5, 0.6) is 5.75 Å². The summed E-state index contributed by atoms with van der Waals surface area (Å²) in [6, 6.07) is 15.7. The summed E-state index contributed by atoms with van der Waals surface area (Å²) in [5.41, 5.74) is 4.91. The van der Waals surface area contributed by atoms with E-state index in [-0.39, 0.29) is 5.91 Å². The van der Waals surface area contributed by atoms with Gasteiger partial charge in [-0.15, -0.1) is 0 Å². The van der Waals surface area contributed by atoms with Gasteiger partial charge in [-0.25, -0.2) is 4.98 Å². The van der Waals surface area contributed by atoms with Crippen LogP contribution in [0, 0.1) is 0 Å². The van der Waals surface area contributed by atoms with Crippen molar-refractivity contribution in [2.24, 2.45) is 0 Å². The van der Waals surface area contributed by atoms with Crippen LogP contribution in [0.15, 0.2) is 48.7 Å². The van der Waals surface area contributed by atoms with Gasteiger partial charge in [0.15, 0.2) is 5.82 Å². The van der Waals surface area contributed by atoms with Crippen LogP contribution >= 0.6 is 0 Å². The molecule has 0 saturated carbocycles. The summed E-state index contributed by atoms with van der Waals surface area (Å²) >= 11 is 0. The van der Waals surface area contributed by atoms with Crippen LogP contribution in [0.3, 0.4) is 0 Å². The van der Waals surface area contributed by atoms with Gasteiger partial charge < -0.3 is 19.3 Å². The van der Waals surface area contributed by atoms with Crippen LogP contribution in [-0.2, 0) is 11.3 Å². The number of fused-ring (bicyclic) bond motifs is 3. The van der Waals surface area contributed by atoms with Crippen molar-refractivity contribution in [3.63, 3.8) is 0 Å². The van der Waals surface area contributed by atoms with Crippen molar-refractivity contribution in [1.29, 1.82) is 0 Å². The maximum atomic E-state index is 12.9. The molecule has 188 valence electrons. The van der Waals surface area contributed by atoms with E-state index in [0.29, 0.717) is 44.6 Å². The Morgan fingerprint density at radius 3 is 2.36 bits per heavy atom. The molecule has 2 fully saturated rings. The first-order valence-electron chi connectivity index (χ1n) is 12.9. The highest BCUT2D eigenvalue weighted by Gasteiger charge is 2.26.